The predicted molar refractivity (Wildman–Crippen MR) is 47.2 cm³/mol. The molecule has 1 aromatic rings. The summed E-state index contributed by atoms with van der Waals surface area (Å²) in [4.78, 5) is 21.7. The quantitative estimate of drug-likeness (QED) is 0.415. The molecule has 0 aliphatic rings. The third-order valence-electron chi connectivity index (χ3n) is 1.82. The Kier molecular flexibility index (Phi) is 3.34. The molecule has 1 rings (SSSR count). The van der Waals surface area contributed by atoms with Crippen LogP contribution in [0.1, 0.15) is 11.5 Å². The molecular weight excluding hydrogens is 187 g/mol. The summed E-state index contributed by atoms with van der Waals surface area (Å²) in [5, 5.41) is 0. The van der Waals surface area contributed by atoms with Gasteiger partial charge in [-0.15, -0.1) is 0 Å². The van der Waals surface area contributed by atoms with Crippen molar-refractivity contribution < 1.29 is 18.7 Å². The van der Waals surface area contributed by atoms with E-state index in [1.165, 1.54) is 31.4 Å². The first kappa shape index (κ1) is 10.4. The van der Waals surface area contributed by atoms with Crippen molar-refractivity contribution in [1.82, 2.24) is 0 Å². The SMILES string of the molecule is COC(=O)[C@@H](C=O)c1ccc(F)cc1. The minimum atomic E-state index is -0.972. The highest BCUT2D eigenvalue weighted by Gasteiger charge is 2.20. The molecule has 0 amide bonds. The van der Waals surface area contributed by atoms with Crippen LogP contribution < -0.4 is 0 Å². The van der Waals surface area contributed by atoms with E-state index in [9.17, 15) is 14.0 Å². The van der Waals surface area contributed by atoms with Crippen molar-refractivity contribution in [2.75, 3.05) is 7.11 Å². The van der Waals surface area contributed by atoms with Crippen molar-refractivity contribution >= 4 is 12.3 Å². The van der Waals surface area contributed by atoms with E-state index in [-0.39, 0.29) is 0 Å². The number of rotatable bonds is 3. The molecule has 0 heterocycles. The highest BCUT2D eigenvalue weighted by molar-refractivity contribution is 5.93. The number of ether oxygens (including phenoxy) is 1. The molecule has 0 saturated heterocycles. The molecule has 4 heteroatoms. The van der Waals surface area contributed by atoms with Gasteiger partial charge in [0.2, 0.25) is 0 Å². The average molecular weight is 196 g/mol. The van der Waals surface area contributed by atoms with Gasteiger partial charge in [0.1, 0.15) is 18.0 Å². The van der Waals surface area contributed by atoms with Crippen LogP contribution in [0.4, 0.5) is 4.39 Å². The van der Waals surface area contributed by atoms with Gasteiger partial charge in [-0.25, -0.2) is 4.39 Å². The lowest BCUT2D eigenvalue weighted by molar-refractivity contribution is -0.143. The fraction of sp³-hybridized carbons (Fsp3) is 0.200. The number of benzene rings is 1. The zero-order valence-electron chi connectivity index (χ0n) is 7.57. The second kappa shape index (κ2) is 4.50. The van der Waals surface area contributed by atoms with E-state index in [2.05, 4.69) is 4.74 Å². The number of carbonyl (C=O) groups is 2. The third-order valence-corrected chi connectivity index (χ3v) is 1.82. The Balaban J connectivity index is 2.95. The van der Waals surface area contributed by atoms with Crippen LogP contribution >= 0.6 is 0 Å². The fourth-order valence-corrected chi connectivity index (χ4v) is 1.07. The Morgan fingerprint density at radius 1 is 1.43 bits per heavy atom. The molecule has 0 spiro atoms. The lowest BCUT2D eigenvalue weighted by Gasteiger charge is -2.07. The maximum absolute atomic E-state index is 12.5. The smallest absolute Gasteiger partial charge is 0.320 e. The summed E-state index contributed by atoms with van der Waals surface area (Å²) in [5.74, 6) is -2.03. The summed E-state index contributed by atoms with van der Waals surface area (Å²) in [6.07, 6.45) is 0.471. The number of esters is 1. The molecule has 0 aliphatic heterocycles. The molecule has 14 heavy (non-hydrogen) atoms. The zero-order valence-corrected chi connectivity index (χ0v) is 7.57. The number of halogens is 1. The number of carbonyl (C=O) groups excluding carboxylic acids is 2. The summed E-state index contributed by atoms with van der Waals surface area (Å²) >= 11 is 0. The Bertz CT molecular complexity index is 332. The Morgan fingerprint density at radius 2 is 2.00 bits per heavy atom. The molecule has 0 aromatic heterocycles. The van der Waals surface area contributed by atoms with Gasteiger partial charge in [0.15, 0.2) is 0 Å². The number of aldehydes is 1. The van der Waals surface area contributed by atoms with Crippen molar-refractivity contribution in [3.8, 4) is 0 Å². The second-order valence-electron chi connectivity index (χ2n) is 2.69. The summed E-state index contributed by atoms with van der Waals surface area (Å²) in [7, 11) is 1.20. The molecule has 0 saturated carbocycles. The number of hydrogen-bond donors (Lipinski definition) is 0. The van der Waals surface area contributed by atoms with E-state index >= 15 is 0 Å². The monoisotopic (exact) mass is 196 g/mol. The van der Waals surface area contributed by atoms with Gasteiger partial charge in [0.25, 0.3) is 0 Å². The van der Waals surface area contributed by atoms with Crippen LogP contribution in [0.5, 0.6) is 0 Å². The Labute approximate surface area is 80.5 Å². The largest absolute Gasteiger partial charge is 0.468 e. The van der Waals surface area contributed by atoms with E-state index in [0.29, 0.717) is 11.8 Å². The lowest BCUT2D eigenvalue weighted by atomic mass is 10.0. The van der Waals surface area contributed by atoms with Gasteiger partial charge >= 0.3 is 5.97 Å². The van der Waals surface area contributed by atoms with E-state index in [4.69, 9.17) is 0 Å². The summed E-state index contributed by atoms with van der Waals surface area (Å²) in [5.41, 5.74) is 0.424. The van der Waals surface area contributed by atoms with Gasteiger partial charge in [0.05, 0.1) is 7.11 Å². The van der Waals surface area contributed by atoms with Gasteiger partial charge in [-0.3, -0.25) is 4.79 Å². The van der Waals surface area contributed by atoms with Crippen LogP contribution in [0.25, 0.3) is 0 Å². The van der Waals surface area contributed by atoms with Crippen LogP contribution in [0.15, 0.2) is 24.3 Å². The fourth-order valence-electron chi connectivity index (χ4n) is 1.07. The molecule has 1 atom stereocenters. The van der Waals surface area contributed by atoms with Crippen molar-refractivity contribution in [3.63, 3.8) is 0 Å². The van der Waals surface area contributed by atoms with Crippen molar-refractivity contribution in [3.05, 3.63) is 35.6 Å². The first-order chi connectivity index (χ1) is 6.69. The summed E-state index contributed by atoms with van der Waals surface area (Å²) < 4.78 is 17.0. The first-order valence-electron chi connectivity index (χ1n) is 3.97. The minimum Gasteiger partial charge on any atom is -0.468 e. The molecule has 1 aromatic carbocycles. The molecule has 0 N–H and O–H groups in total. The minimum absolute atomic E-state index is 0.414. The first-order valence-corrected chi connectivity index (χ1v) is 3.97. The Morgan fingerprint density at radius 3 is 2.43 bits per heavy atom. The van der Waals surface area contributed by atoms with Crippen molar-refractivity contribution in [2.45, 2.75) is 5.92 Å². The maximum Gasteiger partial charge on any atom is 0.320 e. The molecule has 0 aliphatic carbocycles. The van der Waals surface area contributed by atoms with Crippen LogP contribution in [-0.2, 0) is 14.3 Å². The van der Waals surface area contributed by atoms with Gasteiger partial charge in [-0.2, -0.15) is 0 Å². The Hall–Kier alpha value is -1.71. The van der Waals surface area contributed by atoms with Crippen LogP contribution in [-0.4, -0.2) is 19.4 Å². The normalized spacial score (nSPS) is 11.9. The number of methoxy groups -OCH3 is 1. The van der Waals surface area contributed by atoms with E-state index in [0.717, 1.165) is 0 Å². The van der Waals surface area contributed by atoms with Crippen LogP contribution in [0.2, 0.25) is 0 Å². The summed E-state index contributed by atoms with van der Waals surface area (Å²) in [6, 6.07) is 5.14. The van der Waals surface area contributed by atoms with Gasteiger partial charge in [-0.05, 0) is 17.7 Å². The van der Waals surface area contributed by atoms with Crippen LogP contribution in [0, 0.1) is 5.82 Å². The lowest BCUT2D eigenvalue weighted by Crippen LogP contribution is -2.15. The van der Waals surface area contributed by atoms with Crippen molar-refractivity contribution in [2.24, 2.45) is 0 Å². The zero-order chi connectivity index (χ0) is 10.6. The van der Waals surface area contributed by atoms with E-state index in [1.54, 1.807) is 0 Å². The highest BCUT2D eigenvalue weighted by Crippen LogP contribution is 2.15. The average Bonchev–Trinajstić information content (AvgIpc) is 2.21. The standard InChI is InChI=1S/C10H9FO3/c1-14-10(13)9(6-12)7-2-4-8(11)5-3-7/h2-6,9H,1H3/t9-/m0/s1. The van der Waals surface area contributed by atoms with Crippen molar-refractivity contribution in [1.29, 1.82) is 0 Å². The molecule has 0 fully saturated rings. The van der Waals surface area contributed by atoms with Gasteiger partial charge < -0.3 is 9.53 Å². The molecule has 0 unspecified atom stereocenters. The van der Waals surface area contributed by atoms with Crippen LogP contribution in [0.3, 0.4) is 0 Å². The molecule has 0 bridgehead atoms. The van der Waals surface area contributed by atoms with Gasteiger partial charge in [-0.1, -0.05) is 12.1 Å². The summed E-state index contributed by atoms with van der Waals surface area (Å²) in [6.45, 7) is 0. The predicted octanol–water partition coefficient (Wildman–Crippen LogP) is 1.28. The second-order valence-corrected chi connectivity index (χ2v) is 2.69. The van der Waals surface area contributed by atoms with E-state index in [1.807, 2.05) is 0 Å². The van der Waals surface area contributed by atoms with Gasteiger partial charge in [0, 0.05) is 0 Å². The molecule has 0 radical (unpaired) electrons. The van der Waals surface area contributed by atoms with E-state index < -0.39 is 17.7 Å². The topological polar surface area (TPSA) is 43.4 Å². The maximum atomic E-state index is 12.5. The molecule has 74 valence electrons. The molecule has 3 nitrogen and oxygen atoms in total. The highest BCUT2D eigenvalue weighted by atomic mass is 19.1. The number of hydrogen-bond acceptors (Lipinski definition) is 3. The molecular formula is C10H9FO3. The third kappa shape index (κ3) is 2.16.